The predicted molar refractivity (Wildman–Crippen MR) is 100 cm³/mol. The molecule has 25 heavy (non-hydrogen) atoms. The second kappa shape index (κ2) is 8.97. The molecular weight excluding hydrogens is 312 g/mol. The van der Waals surface area contributed by atoms with Crippen molar-refractivity contribution >= 4 is 17.8 Å². The van der Waals surface area contributed by atoms with Crippen LogP contribution in [-0.4, -0.2) is 29.0 Å². The standard InChI is InChI=1S/C20H24N4O/c25-20(11-9-18-7-3-4-12-21-18)23-16-17-8-10-19(22-15-17)24-13-5-1-2-6-14-24/h3-4,7-12,15H,1-2,5-6,13-14,16H2,(H,23,25)/b11-9+. The van der Waals surface area contributed by atoms with Crippen LogP contribution in [0.15, 0.2) is 48.8 Å². The van der Waals surface area contributed by atoms with Gasteiger partial charge in [0.05, 0.1) is 5.69 Å². The fraction of sp³-hybridized carbons (Fsp3) is 0.350. The van der Waals surface area contributed by atoms with Crippen LogP contribution in [0.25, 0.3) is 6.08 Å². The minimum Gasteiger partial charge on any atom is -0.357 e. The van der Waals surface area contributed by atoms with Gasteiger partial charge in [-0.15, -0.1) is 0 Å². The van der Waals surface area contributed by atoms with Crippen LogP contribution >= 0.6 is 0 Å². The lowest BCUT2D eigenvalue weighted by molar-refractivity contribution is -0.116. The van der Waals surface area contributed by atoms with E-state index in [0.717, 1.165) is 30.2 Å². The zero-order chi connectivity index (χ0) is 17.3. The van der Waals surface area contributed by atoms with Crippen molar-refractivity contribution in [2.75, 3.05) is 18.0 Å². The Hall–Kier alpha value is -2.69. The van der Waals surface area contributed by atoms with Crippen LogP contribution in [0.3, 0.4) is 0 Å². The maximum absolute atomic E-state index is 11.9. The molecule has 130 valence electrons. The molecule has 1 fully saturated rings. The van der Waals surface area contributed by atoms with Gasteiger partial charge in [-0.3, -0.25) is 9.78 Å². The summed E-state index contributed by atoms with van der Waals surface area (Å²) in [5.41, 5.74) is 1.76. The summed E-state index contributed by atoms with van der Waals surface area (Å²) in [7, 11) is 0. The first-order chi connectivity index (χ1) is 12.3. The monoisotopic (exact) mass is 336 g/mol. The molecule has 0 aromatic carbocycles. The number of carbonyl (C=O) groups excluding carboxylic acids is 1. The quantitative estimate of drug-likeness (QED) is 0.852. The van der Waals surface area contributed by atoms with Gasteiger partial charge in [0.25, 0.3) is 0 Å². The maximum atomic E-state index is 11.9. The number of hydrogen-bond acceptors (Lipinski definition) is 4. The van der Waals surface area contributed by atoms with Crippen LogP contribution in [0.5, 0.6) is 0 Å². The summed E-state index contributed by atoms with van der Waals surface area (Å²) in [6, 6.07) is 9.68. The average Bonchev–Trinajstić information content (AvgIpc) is 2.95. The van der Waals surface area contributed by atoms with E-state index in [1.54, 1.807) is 12.3 Å². The second-order valence-corrected chi connectivity index (χ2v) is 6.23. The highest BCUT2D eigenvalue weighted by atomic mass is 16.1. The lowest BCUT2D eigenvalue weighted by Crippen LogP contribution is -2.25. The topological polar surface area (TPSA) is 58.1 Å². The third-order valence-electron chi connectivity index (χ3n) is 4.30. The zero-order valence-corrected chi connectivity index (χ0v) is 14.4. The molecule has 2 aromatic rings. The van der Waals surface area contributed by atoms with Gasteiger partial charge in [-0.05, 0) is 42.7 Å². The largest absolute Gasteiger partial charge is 0.357 e. The summed E-state index contributed by atoms with van der Waals surface area (Å²) >= 11 is 0. The molecule has 0 spiro atoms. The SMILES string of the molecule is O=C(/C=C/c1ccccn1)NCc1ccc(N2CCCCCC2)nc1. The van der Waals surface area contributed by atoms with Crippen molar-refractivity contribution in [3.8, 4) is 0 Å². The number of aromatic nitrogens is 2. The first-order valence-corrected chi connectivity index (χ1v) is 8.88. The summed E-state index contributed by atoms with van der Waals surface area (Å²) in [4.78, 5) is 23.0. The van der Waals surface area contributed by atoms with Gasteiger partial charge in [0, 0.05) is 38.1 Å². The van der Waals surface area contributed by atoms with Crippen molar-refractivity contribution in [1.82, 2.24) is 15.3 Å². The fourth-order valence-electron chi connectivity index (χ4n) is 2.89. The van der Waals surface area contributed by atoms with Gasteiger partial charge in [0.15, 0.2) is 0 Å². The summed E-state index contributed by atoms with van der Waals surface area (Å²) in [6.07, 6.45) is 11.9. The molecule has 2 aromatic heterocycles. The third-order valence-corrected chi connectivity index (χ3v) is 4.30. The Balaban J connectivity index is 1.49. The molecule has 5 nitrogen and oxygen atoms in total. The Labute approximate surface area is 148 Å². The minimum absolute atomic E-state index is 0.137. The van der Waals surface area contributed by atoms with Gasteiger partial charge in [0.1, 0.15) is 5.82 Å². The van der Waals surface area contributed by atoms with Gasteiger partial charge in [-0.1, -0.05) is 25.0 Å². The molecule has 0 unspecified atom stereocenters. The van der Waals surface area contributed by atoms with Crippen molar-refractivity contribution < 1.29 is 4.79 Å². The Morgan fingerprint density at radius 3 is 2.60 bits per heavy atom. The van der Waals surface area contributed by atoms with Crippen molar-refractivity contribution in [3.63, 3.8) is 0 Å². The molecule has 1 aliphatic rings. The molecule has 3 heterocycles. The second-order valence-electron chi connectivity index (χ2n) is 6.23. The molecule has 1 amide bonds. The molecule has 5 heteroatoms. The van der Waals surface area contributed by atoms with Gasteiger partial charge in [0.2, 0.25) is 5.91 Å². The number of amides is 1. The first kappa shape index (κ1) is 17.1. The van der Waals surface area contributed by atoms with E-state index in [9.17, 15) is 4.79 Å². The Kier molecular flexibility index (Phi) is 6.15. The highest BCUT2D eigenvalue weighted by Gasteiger charge is 2.10. The van der Waals surface area contributed by atoms with E-state index in [1.165, 1.54) is 31.8 Å². The normalized spacial score (nSPS) is 15.1. The average molecular weight is 336 g/mol. The van der Waals surface area contributed by atoms with E-state index in [0.29, 0.717) is 6.54 Å². The van der Waals surface area contributed by atoms with Crippen molar-refractivity contribution in [1.29, 1.82) is 0 Å². The number of pyridine rings is 2. The molecule has 1 N–H and O–H groups in total. The van der Waals surface area contributed by atoms with E-state index < -0.39 is 0 Å². The maximum Gasteiger partial charge on any atom is 0.244 e. The smallest absolute Gasteiger partial charge is 0.244 e. The molecule has 0 bridgehead atoms. The van der Waals surface area contributed by atoms with Crippen molar-refractivity contribution in [2.24, 2.45) is 0 Å². The van der Waals surface area contributed by atoms with E-state index in [4.69, 9.17) is 0 Å². The summed E-state index contributed by atoms with van der Waals surface area (Å²) in [6.45, 7) is 2.64. The molecule has 0 atom stereocenters. The van der Waals surface area contributed by atoms with E-state index in [-0.39, 0.29) is 5.91 Å². The summed E-state index contributed by atoms with van der Waals surface area (Å²) in [5, 5.41) is 2.87. The van der Waals surface area contributed by atoms with Crippen LogP contribution in [0.1, 0.15) is 36.9 Å². The molecule has 3 rings (SSSR count). The van der Waals surface area contributed by atoms with Crippen LogP contribution in [0, 0.1) is 0 Å². The third kappa shape index (κ3) is 5.41. The molecule has 0 radical (unpaired) electrons. The molecular formula is C20H24N4O. The summed E-state index contributed by atoms with van der Waals surface area (Å²) in [5.74, 6) is 0.897. The highest BCUT2D eigenvalue weighted by Crippen LogP contribution is 2.17. The van der Waals surface area contributed by atoms with Crippen LogP contribution < -0.4 is 10.2 Å². The predicted octanol–water partition coefficient (Wildman–Crippen LogP) is 3.19. The number of rotatable bonds is 5. The molecule has 1 saturated heterocycles. The summed E-state index contributed by atoms with van der Waals surface area (Å²) < 4.78 is 0. The highest BCUT2D eigenvalue weighted by molar-refractivity contribution is 5.91. The van der Waals surface area contributed by atoms with Crippen LogP contribution in [0.2, 0.25) is 0 Å². The zero-order valence-electron chi connectivity index (χ0n) is 14.4. The lowest BCUT2D eigenvalue weighted by Gasteiger charge is -2.21. The van der Waals surface area contributed by atoms with E-state index in [2.05, 4.69) is 26.3 Å². The number of anilines is 1. The Bertz CT molecular complexity index is 689. The van der Waals surface area contributed by atoms with Gasteiger partial charge >= 0.3 is 0 Å². The Morgan fingerprint density at radius 1 is 1.08 bits per heavy atom. The van der Waals surface area contributed by atoms with Gasteiger partial charge in [-0.2, -0.15) is 0 Å². The van der Waals surface area contributed by atoms with E-state index in [1.807, 2.05) is 30.5 Å². The minimum atomic E-state index is -0.137. The lowest BCUT2D eigenvalue weighted by atomic mass is 10.2. The number of nitrogens with one attached hydrogen (secondary N) is 1. The fourth-order valence-corrected chi connectivity index (χ4v) is 2.89. The number of nitrogens with zero attached hydrogens (tertiary/aromatic N) is 3. The van der Waals surface area contributed by atoms with Crippen molar-refractivity contribution in [2.45, 2.75) is 32.2 Å². The molecule has 1 aliphatic heterocycles. The van der Waals surface area contributed by atoms with Crippen LogP contribution in [0.4, 0.5) is 5.82 Å². The van der Waals surface area contributed by atoms with Gasteiger partial charge in [-0.25, -0.2) is 4.98 Å². The van der Waals surface area contributed by atoms with Gasteiger partial charge < -0.3 is 10.2 Å². The van der Waals surface area contributed by atoms with Crippen LogP contribution in [-0.2, 0) is 11.3 Å². The molecule has 0 aliphatic carbocycles. The number of hydrogen-bond donors (Lipinski definition) is 1. The Morgan fingerprint density at radius 2 is 1.92 bits per heavy atom. The first-order valence-electron chi connectivity index (χ1n) is 8.88. The molecule has 0 saturated carbocycles. The van der Waals surface area contributed by atoms with Crippen molar-refractivity contribution in [3.05, 3.63) is 60.1 Å². The number of carbonyl (C=O) groups is 1. The van der Waals surface area contributed by atoms with E-state index >= 15 is 0 Å².